The van der Waals surface area contributed by atoms with Gasteiger partial charge in [-0.05, 0) is 18.4 Å². The number of rotatable bonds is 2. The molecule has 0 radical (unpaired) electrons. The predicted octanol–water partition coefficient (Wildman–Crippen LogP) is 3.26. The van der Waals surface area contributed by atoms with Crippen LogP contribution in [0.5, 0.6) is 0 Å². The molecule has 3 heteroatoms. The molecule has 0 saturated carbocycles. The lowest BCUT2D eigenvalue weighted by Gasteiger charge is -2.26. The Bertz CT molecular complexity index is 337. The predicted molar refractivity (Wildman–Crippen MR) is 66.9 cm³/mol. The van der Waals surface area contributed by atoms with Crippen molar-refractivity contribution >= 4 is 28.6 Å². The number of hydrogen-bond donors (Lipinski definition) is 0. The lowest BCUT2D eigenvalue weighted by molar-refractivity contribution is -0.153. The number of alkyl halides is 1. The molecule has 15 heavy (non-hydrogen) atoms. The topological polar surface area (TPSA) is 26.3 Å². The summed E-state index contributed by atoms with van der Waals surface area (Å²) in [4.78, 5) is 11.2. The molecule has 1 aromatic carbocycles. The zero-order valence-corrected chi connectivity index (χ0v) is 10.5. The molecule has 2 atom stereocenters. The van der Waals surface area contributed by atoms with Gasteiger partial charge >= 0.3 is 5.97 Å². The van der Waals surface area contributed by atoms with Gasteiger partial charge in [-0.2, -0.15) is 0 Å². The van der Waals surface area contributed by atoms with E-state index in [9.17, 15) is 4.79 Å². The van der Waals surface area contributed by atoms with Gasteiger partial charge in [-0.25, -0.2) is 0 Å². The van der Waals surface area contributed by atoms with Crippen LogP contribution in [-0.2, 0) is 9.53 Å². The normalized spacial score (nSPS) is 23.3. The van der Waals surface area contributed by atoms with E-state index in [0.717, 1.165) is 12.8 Å². The van der Waals surface area contributed by atoms with E-state index < -0.39 is 0 Å². The second-order valence-electron chi connectivity index (χ2n) is 3.73. The zero-order chi connectivity index (χ0) is 10.7. The van der Waals surface area contributed by atoms with Gasteiger partial charge in [0.05, 0.1) is 3.92 Å². The summed E-state index contributed by atoms with van der Waals surface area (Å²) in [7, 11) is 0. The number of cyclic esters (lactones) is 1. The molecule has 2 rings (SSSR count). The van der Waals surface area contributed by atoms with Crippen LogP contribution in [0.2, 0.25) is 0 Å². The largest absolute Gasteiger partial charge is 0.461 e. The van der Waals surface area contributed by atoms with Crippen LogP contribution in [0.15, 0.2) is 30.3 Å². The Labute approximate surface area is 103 Å². The van der Waals surface area contributed by atoms with Crippen LogP contribution in [0.25, 0.3) is 0 Å². The van der Waals surface area contributed by atoms with Crippen LogP contribution in [0.1, 0.15) is 28.8 Å². The second-order valence-corrected chi connectivity index (χ2v) is 5.07. The molecule has 2 nitrogen and oxygen atoms in total. The number of benzene rings is 1. The molecule has 1 aromatic rings. The van der Waals surface area contributed by atoms with Crippen LogP contribution in [0.4, 0.5) is 0 Å². The van der Waals surface area contributed by atoms with E-state index in [0.29, 0.717) is 6.42 Å². The highest BCUT2D eigenvalue weighted by Gasteiger charge is 2.27. The van der Waals surface area contributed by atoms with Gasteiger partial charge in [0.1, 0.15) is 6.10 Å². The number of hydrogen-bond acceptors (Lipinski definition) is 2. The molecule has 0 bridgehead atoms. The standard InChI is InChI=1S/C12H13IO2/c13-12(9-5-2-1-3-6-9)10-7-4-8-11(14)15-10/h1-3,5-6,10,12H,4,7-8H2/t10-,12-/m0/s1. The number of ether oxygens (including phenoxy) is 1. The number of halogens is 1. The Kier molecular flexibility index (Phi) is 3.61. The molecule has 1 heterocycles. The van der Waals surface area contributed by atoms with Gasteiger partial charge in [-0.15, -0.1) is 0 Å². The SMILES string of the molecule is O=C1CCC[C@@H]([C@@H](I)c2ccccc2)O1. The van der Waals surface area contributed by atoms with Crippen molar-refractivity contribution in [1.82, 2.24) is 0 Å². The lowest BCUT2D eigenvalue weighted by atomic mass is 10.0. The van der Waals surface area contributed by atoms with Gasteiger partial charge in [-0.1, -0.05) is 52.9 Å². The summed E-state index contributed by atoms with van der Waals surface area (Å²) in [6, 6.07) is 10.2. The highest BCUT2D eigenvalue weighted by Crippen LogP contribution is 2.33. The minimum Gasteiger partial charge on any atom is -0.461 e. The van der Waals surface area contributed by atoms with Crippen LogP contribution in [0, 0.1) is 0 Å². The van der Waals surface area contributed by atoms with E-state index in [4.69, 9.17) is 4.74 Å². The Morgan fingerprint density at radius 1 is 1.33 bits per heavy atom. The highest BCUT2D eigenvalue weighted by atomic mass is 127. The van der Waals surface area contributed by atoms with Gasteiger partial charge in [0.25, 0.3) is 0 Å². The first-order chi connectivity index (χ1) is 7.27. The molecule has 0 spiro atoms. The summed E-state index contributed by atoms with van der Waals surface area (Å²) in [6.45, 7) is 0. The van der Waals surface area contributed by atoms with Gasteiger partial charge in [0.2, 0.25) is 0 Å². The van der Waals surface area contributed by atoms with E-state index in [-0.39, 0.29) is 16.0 Å². The van der Waals surface area contributed by atoms with Crippen molar-refractivity contribution in [2.24, 2.45) is 0 Å². The maximum absolute atomic E-state index is 11.2. The fourth-order valence-corrected chi connectivity index (χ4v) is 2.71. The average molecular weight is 316 g/mol. The molecule has 80 valence electrons. The van der Waals surface area contributed by atoms with Crippen molar-refractivity contribution in [2.45, 2.75) is 29.3 Å². The first kappa shape index (κ1) is 10.9. The summed E-state index contributed by atoms with van der Waals surface area (Å²) in [5.74, 6) is -0.0520. The fourth-order valence-electron chi connectivity index (χ4n) is 1.79. The number of esters is 1. The first-order valence-electron chi connectivity index (χ1n) is 5.16. The van der Waals surface area contributed by atoms with Gasteiger partial charge in [0, 0.05) is 6.42 Å². The molecule has 0 unspecified atom stereocenters. The zero-order valence-electron chi connectivity index (χ0n) is 8.36. The summed E-state index contributed by atoms with van der Waals surface area (Å²) >= 11 is 2.36. The monoisotopic (exact) mass is 316 g/mol. The van der Waals surface area contributed by atoms with Gasteiger partial charge in [0.15, 0.2) is 0 Å². The third-order valence-electron chi connectivity index (χ3n) is 2.60. The molecule has 0 aromatic heterocycles. The Hall–Kier alpha value is -0.580. The first-order valence-corrected chi connectivity index (χ1v) is 6.40. The maximum atomic E-state index is 11.2. The minimum atomic E-state index is -0.0520. The van der Waals surface area contributed by atoms with Crippen molar-refractivity contribution < 1.29 is 9.53 Å². The summed E-state index contributed by atoms with van der Waals surface area (Å²) < 4.78 is 5.63. The quantitative estimate of drug-likeness (QED) is 0.476. The summed E-state index contributed by atoms with van der Waals surface area (Å²) in [5.41, 5.74) is 1.23. The van der Waals surface area contributed by atoms with Gasteiger partial charge < -0.3 is 4.74 Å². The summed E-state index contributed by atoms with van der Waals surface area (Å²) in [6.07, 6.45) is 2.56. The van der Waals surface area contributed by atoms with E-state index >= 15 is 0 Å². The van der Waals surface area contributed by atoms with E-state index in [2.05, 4.69) is 34.7 Å². The molecule has 1 saturated heterocycles. The van der Waals surface area contributed by atoms with E-state index in [1.165, 1.54) is 5.56 Å². The molecule has 1 fully saturated rings. The molecule has 1 aliphatic rings. The molecule has 0 aliphatic carbocycles. The maximum Gasteiger partial charge on any atom is 0.306 e. The van der Waals surface area contributed by atoms with Crippen LogP contribution >= 0.6 is 22.6 Å². The second kappa shape index (κ2) is 4.96. The fraction of sp³-hybridized carbons (Fsp3) is 0.417. The van der Waals surface area contributed by atoms with E-state index in [1.807, 2.05) is 18.2 Å². The van der Waals surface area contributed by atoms with Crippen molar-refractivity contribution in [1.29, 1.82) is 0 Å². The van der Waals surface area contributed by atoms with E-state index in [1.54, 1.807) is 0 Å². The molecular weight excluding hydrogens is 303 g/mol. The molecule has 0 amide bonds. The lowest BCUT2D eigenvalue weighted by Crippen LogP contribution is -2.26. The van der Waals surface area contributed by atoms with Crippen LogP contribution < -0.4 is 0 Å². The number of carbonyl (C=O) groups excluding carboxylic acids is 1. The Balaban J connectivity index is 2.07. The van der Waals surface area contributed by atoms with Crippen molar-refractivity contribution in [2.75, 3.05) is 0 Å². The third-order valence-corrected chi connectivity index (χ3v) is 4.12. The van der Waals surface area contributed by atoms with Crippen LogP contribution in [0.3, 0.4) is 0 Å². The Morgan fingerprint density at radius 2 is 2.07 bits per heavy atom. The van der Waals surface area contributed by atoms with Crippen molar-refractivity contribution in [3.05, 3.63) is 35.9 Å². The van der Waals surface area contributed by atoms with Crippen molar-refractivity contribution in [3.8, 4) is 0 Å². The van der Waals surface area contributed by atoms with Crippen molar-refractivity contribution in [3.63, 3.8) is 0 Å². The minimum absolute atomic E-state index is 0.0502. The van der Waals surface area contributed by atoms with Gasteiger partial charge in [-0.3, -0.25) is 4.79 Å². The smallest absolute Gasteiger partial charge is 0.306 e. The molecule has 0 N–H and O–H groups in total. The summed E-state index contributed by atoms with van der Waals surface area (Å²) in [5, 5.41) is 0. The highest BCUT2D eigenvalue weighted by molar-refractivity contribution is 14.1. The average Bonchev–Trinajstić information content (AvgIpc) is 2.29. The van der Waals surface area contributed by atoms with Crippen LogP contribution in [-0.4, -0.2) is 12.1 Å². The number of carbonyl (C=O) groups is 1. The third kappa shape index (κ3) is 2.71. The Morgan fingerprint density at radius 3 is 2.73 bits per heavy atom. The molecule has 1 aliphatic heterocycles. The molecular formula is C12H13IO2.